The van der Waals surface area contributed by atoms with Gasteiger partial charge in [0, 0.05) is 24.3 Å². The highest BCUT2D eigenvalue weighted by Gasteiger charge is 2.35. The molecule has 3 aliphatic rings. The quantitative estimate of drug-likeness (QED) is 0.232. The van der Waals surface area contributed by atoms with Crippen molar-refractivity contribution in [3.05, 3.63) is 95.1 Å². The van der Waals surface area contributed by atoms with E-state index in [0.29, 0.717) is 24.8 Å². The monoisotopic (exact) mass is 672 g/mol. The zero-order valence-corrected chi connectivity index (χ0v) is 26.1. The van der Waals surface area contributed by atoms with Crippen LogP contribution in [0.4, 0.5) is 28.0 Å². The highest BCUT2D eigenvalue weighted by Crippen LogP contribution is 2.33. The second-order valence-electron chi connectivity index (χ2n) is 10.9. The molecule has 3 N–H and O–H groups in total. The van der Waals surface area contributed by atoms with Crippen LogP contribution in [0.1, 0.15) is 29.9 Å². The van der Waals surface area contributed by atoms with Crippen molar-refractivity contribution in [2.45, 2.75) is 36.9 Å². The Morgan fingerprint density at radius 2 is 1.79 bits per heavy atom. The van der Waals surface area contributed by atoms with E-state index >= 15 is 4.39 Å². The number of methoxy groups -OCH3 is 1. The largest absolute Gasteiger partial charge is 0.487 e. The van der Waals surface area contributed by atoms with Crippen LogP contribution in [0.2, 0.25) is 0 Å². The standard InChI is InChI=1S/C33H32F4N4O5S/c1-45-33(43)40-30(29(20-9-11-22(34)12-10-20)21-15-23(35)17-24(36)16-21)32(42)39-28-8-2-7-27(37)31(28)46-19-26-18-38-25-5-3-13-41(26)47(44)14-4-6-25/h2,7-12,15-17,25-26,29-30,38H,4,6,13-14,18-19H2,1H3,(H,39,42)(H,40,43)/t25?,26?,29-,30-,47?/m0/s1. The van der Waals surface area contributed by atoms with Gasteiger partial charge < -0.3 is 25.4 Å². The molecule has 2 bridgehead atoms. The molecule has 3 heterocycles. The molecule has 9 nitrogen and oxygen atoms in total. The average Bonchev–Trinajstić information content (AvgIpc) is 3.16. The fraction of sp³-hybridized carbons (Fsp3) is 0.333. The first-order chi connectivity index (χ1) is 22.6. The van der Waals surface area contributed by atoms with Crippen molar-refractivity contribution in [3.63, 3.8) is 0 Å². The van der Waals surface area contributed by atoms with Crippen molar-refractivity contribution in [2.75, 3.05) is 37.9 Å². The lowest BCUT2D eigenvalue weighted by molar-refractivity contribution is -0.118. The molecule has 6 atom stereocenters. The molecule has 1 fully saturated rings. The van der Waals surface area contributed by atoms with Crippen LogP contribution < -0.4 is 20.7 Å². The molecule has 0 spiro atoms. The Morgan fingerprint density at radius 3 is 2.51 bits per heavy atom. The van der Waals surface area contributed by atoms with Crippen molar-refractivity contribution in [1.29, 1.82) is 0 Å². The summed E-state index contributed by atoms with van der Waals surface area (Å²) in [4.78, 5) is 26.4. The van der Waals surface area contributed by atoms with Crippen LogP contribution in [0.5, 0.6) is 5.75 Å². The molecular weight excluding hydrogens is 640 g/mol. The number of amides is 2. The Kier molecular flexibility index (Phi) is 11.1. The highest BCUT2D eigenvalue weighted by atomic mass is 32.2. The first-order valence-corrected chi connectivity index (χ1v) is 16.1. The predicted octanol–water partition coefficient (Wildman–Crippen LogP) is 4.22. The number of nitrogens with one attached hydrogen (secondary N) is 3. The van der Waals surface area contributed by atoms with Crippen LogP contribution >= 0.6 is 0 Å². The molecule has 0 saturated carbocycles. The van der Waals surface area contributed by atoms with E-state index in [1.165, 1.54) is 24.3 Å². The Balaban J connectivity index is 1.46. The van der Waals surface area contributed by atoms with E-state index in [1.807, 2.05) is 0 Å². The first-order valence-electron chi connectivity index (χ1n) is 14.8. The van der Waals surface area contributed by atoms with E-state index in [-0.39, 0.29) is 41.8 Å². The zero-order valence-electron chi connectivity index (χ0n) is 25.2. The molecule has 47 heavy (non-hydrogen) atoms. The van der Waals surface area contributed by atoms with Gasteiger partial charge in [0.15, 0.2) is 11.6 Å². The van der Waals surface area contributed by atoms with Gasteiger partial charge in [-0.05, 0) is 60.4 Å². The summed E-state index contributed by atoms with van der Waals surface area (Å²) >= 11 is 0. The van der Waals surface area contributed by atoms with Gasteiger partial charge in [-0.15, -0.1) is 0 Å². The van der Waals surface area contributed by atoms with Gasteiger partial charge in [-0.3, -0.25) is 4.79 Å². The molecule has 248 valence electrons. The maximum atomic E-state index is 15.3. The van der Waals surface area contributed by atoms with E-state index in [4.69, 9.17) is 9.47 Å². The molecule has 4 unspecified atom stereocenters. The highest BCUT2D eigenvalue weighted by molar-refractivity contribution is 7.82. The minimum Gasteiger partial charge on any atom is -0.487 e. The van der Waals surface area contributed by atoms with E-state index in [1.54, 1.807) is 4.31 Å². The fourth-order valence-electron chi connectivity index (χ4n) is 5.52. The number of fused-ring (bicyclic) bond motifs is 6. The van der Waals surface area contributed by atoms with Crippen LogP contribution in [0.15, 0.2) is 60.7 Å². The fourth-order valence-corrected chi connectivity index (χ4v) is 6.85. The molecule has 0 aliphatic carbocycles. The van der Waals surface area contributed by atoms with Crippen molar-refractivity contribution in [2.24, 2.45) is 0 Å². The Labute approximate surface area is 271 Å². The molecule has 3 aliphatic heterocycles. The van der Waals surface area contributed by atoms with Crippen LogP contribution in [-0.4, -0.2) is 71.2 Å². The lowest BCUT2D eigenvalue weighted by Gasteiger charge is -2.30. The summed E-state index contributed by atoms with van der Waals surface area (Å²) in [5.74, 6) is 0.799. The van der Waals surface area contributed by atoms with Crippen molar-refractivity contribution < 1.29 is 40.8 Å². The van der Waals surface area contributed by atoms with E-state index < -0.39 is 64.3 Å². The van der Waals surface area contributed by atoms with Gasteiger partial charge >= 0.3 is 6.09 Å². The first kappa shape index (κ1) is 33.9. The third kappa shape index (κ3) is 8.48. The van der Waals surface area contributed by atoms with Gasteiger partial charge in [0.25, 0.3) is 0 Å². The van der Waals surface area contributed by atoms with Gasteiger partial charge in [-0.2, -0.15) is 0 Å². The normalized spacial score (nSPS) is 21.8. The zero-order chi connectivity index (χ0) is 33.5. The number of alkyl carbamates (subject to hydrolysis) is 1. The number of carbonyl (C=O) groups excluding carboxylic acids is 2. The minimum absolute atomic E-state index is 0.0509. The maximum Gasteiger partial charge on any atom is 0.407 e. The molecule has 6 rings (SSSR count). The lowest BCUT2D eigenvalue weighted by Crippen LogP contribution is -2.49. The van der Waals surface area contributed by atoms with Crippen molar-refractivity contribution >= 4 is 28.7 Å². The topological polar surface area (TPSA) is 109 Å². The molecule has 3 aromatic rings. The molecule has 0 radical (unpaired) electrons. The smallest absolute Gasteiger partial charge is 0.407 e. The number of ether oxygens (including phenoxy) is 2. The molecular formula is C33H32F4N4O5S. The summed E-state index contributed by atoms with van der Waals surface area (Å²) < 4.78 is 83.3. The van der Waals surface area contributed by atoms with Crippen molar-refractivity contribution in [3.8, 4) is 17.6 Å². The molecule has 3 aromatic carbocycles. The van der Waals surface area contributed by atoms with Gasteiger partial charge in [0.05, 0.1) is 42.4 Å². The van der Waals surface area contributed by atoms with Gasteiger partial charge in [-0.25, -0.2) is 30.9 Å². The predicted molar refractivity (Wildman–Crippen MR) is 167 cm³/mol. The van der Waals surface area contributed by atoms with Crippen LogP contribution in [0, 0.1) is 35.1 Å². The lowest BCUT2D eigenvalue weighted by atomic mass is 9.84. The van der Waals surface area contributed by atoms with Gasteiger partial charge in [0.1, 0.15) is 30.1 Å². The second-order valence-corrected chi connectivity index (χ2v) is 12.5. The van der Waals surface area contributed by atoms with Gasteiger partial charge in [0.2, 0.25) is 5.91 Å². The molecule has 2 amide bonds. The number of carbonyl (C=O) groups is 2. The second kappa shape index (κ2) is 15.4. The number of para-hydroxylation sites is 1. The maximum absolute atomic E-state index is 15.3. The summed E-state index contributed by atoms with van der Waals surface area (Å²) in [6.45, 7) is 0.503. The number of hydrogen-bond acceptors (Lipinski definition) is 6. The van der Waals surface area contributed by atoms with Crippen LogP contribution in [-0.2, 0) is 20.5 Å². The number of anilines is 1. The third-order valence-corrected chi connectivity index (χ3v) is 9.37. The van der Waals surface area contributed by atoms with Crippen molar-refractivity contribution in [1.82, 2.24) is 14.9 Å². The SMILES string of the molecule is COC(=O)N[C@H](C(=O)Nc1cccc(F)c1OCC1CNC2C#CCN1S(=O)CCC2)[C@@H](c1ccc(F)cc1)c1cc(F)cc(F)c1. The van der Waals surface area contributed by atoms with Crippen LogP contribution in [0.3, 0.4) is 0 Å². The summed E-state index contributed by atoms with van der Waals surface area (Å²) in [6, 6.07) is 9.14. The number of benzene rings is 3. The minimum atomic E-state index is -1.60. The Morgan fingerprint density at radius 1 is 1.04 bits per heavy atom. The average molecular weight is 673 g/mol. The number of nitrogens with zero attached hydrogens (tertiary/aromatic N) is 1. The van der Waals surface area contributed by atoms with Crippen LogP contribution in [0.25, 0.3) is 0 Å². The molecule has 0 aromatic heterocycles. The summed E-state index contributed by atoms with van der Waals surface area (Å²) in [5.41, 5.74) is 0.0701. The number of hydrogen-bond donors (Lipinski definition) is 3. The molecule has 1 saturated heterocycles. The third-order valence-electron chi connectivity index (χ3n) is 7.78. The summed E-state index contributed by atoms with van der Waals surface area (Å²) in [7, 11) is -0.277. The number of halogens is 4. The summed E-state index contributed by atoms with van der Waals surface area (Å²) in [6.07, 6.45) is 0.411. The van der Waals surface area contributed by atoms with E-state index in [9.17, 15) is 27.0 Å². The van der Waals surface area contributed by atoms with E-state index in [0.717, 1.165) is 43.9 Å². The number of rotatable bonds is 9. The Hall–Kier alpha value is -4.45. The molecule has 14 heteroatoms. The Bertz CT molecular complexity index is 1680. The van der Waals surface area contributed by atoms with Gasteiger partial charge in [-0.1, -0.05) is 30.0 Å². The summed E-state index contributed by atoms with van der Waals surface area (Å²) in [5, 5.41) is 8.29. The van der Waals surface area contributed by atoms with E-state index in [2.05, 4.69) is 27.8 Å².